The van der Waals surface area contributed by atoms with E-state index in [2.05, 4.69) is 15.9 Å². The van der Waals surface area contributed by atoms with Crippen LogP contribution < -0.4 is 0 Å². The lowest BCUT2D eigenvalue weighted by Gasteiger charge is -2.14. The Kier molecular flexibility index (Phi) is 4.38. The first-order valence-corrected chi connectivity index (χ1v) is 6.90. The minimum Gasteiger partial charge on any atom is -0.481 e. The van der Waals surface area contributed by atoms with Gasteiger partial charge in [0.1, 0.15) is 0 Å². The van der Waals surface area contributed by atoms with Crippen molar-refractivity contribution in [2.45, 2.75) is 19.3 Å². The third-order valence-corrected chi connectivity index (χ3v) is 3.93. The molecule has 0 aliphatic rings. The highest BCUT2D eigenvalue weighted by atomic mass is 79.9. The zero-order valence-electron chi connectivity index (χ0n) is 10.6. The summed E-state index contributed by atoms with van der Waals surface area (Å²) >= 11 is 3.47. The fourth-order valence-electron chi connectivity index (χ4n) is 2.03. The molecule has 0 radical (unpaired) electrons. The van der Waals surface area contributed by atoms with Gasteiger partial charge in [-0.15, -0.1) is 0 Å². The molecule has 0 saturated heterocycles. The van der Waals surface area contributed by atoms with E-state index in [0.717, 1.165) is 21.2 Å². The largest absolute Gasteiger partial charge is 0.481 e. The van der Waals surface area contributed by atoms with E-state index in [-0.39, 0.29) is 0 Å². The fraction of sp³-hybridized carbons (Fsp3) is 0.188. The van der Waals surface area contributed by atoms with Crippen LogP contribution in [0.3, 0.4) is 0 Å². The van der Waals surface area contributed by atoms with Gasteiger partial charge in [0.2, 0.25) is 0 Å². The molecule has 0 aliphatic heterocycles. The molecule has 0 bridgehead atoms. The van der Waals surface area contributed by atoms with Gasteiger partial charge in [-0.25, -0.2) is 0 Å². The number of hydrogen-bond acceptors (Lipinski definition) is 1. The average molecular weight is 319 g/mol. The van der Waals surface area contributed by atoms with E-state index in [0.29, 0.717) is 6.42 Å². The molecule has 1 unspecified atom stereocenters. The predicted octanol–water partition coefficient (Wildman–Crippen LogP) is 4.17. The predicted molar refractivity (Wildman–Crippen MR) is 79.4 cm³/mol. The number of hydrogen-bond donors (Lipinski definition) is 1. The van der Waals surface area contributed by atoms with Crippen molar-refractivity contribution >= 4 is 21.9 Å². The molecule has 0 heterocycles. The van der Waals surface area contributed by atoms with Crippen molar-refractivity contribution in [1.29, 1.82) is 0 Å². The highest BCUT2D eigenvalue weighted by molar-refractivity contribution is 9.10. The maximum atomic E-state index is 11.5. The van der Waals surface area contributed by atoms with Gasteiger partial charge in [0.05, 0.1) is 5.92 Å². The summed E-state index contributed by atoms with van der Waals surface area (Å²) in [4.78, 5) is 11.5. The Morgan fingerprint density at radius 3 is 2.37 bits per heavy atom. The molecule has 2 nitrogen and oxygen atoms in total. The van der Waals surface area contributed by atoms with Crippen LogP contribution in [0.2, 0.25) is 0 Å². The number of carboxylic acid groups (broad SMARTS) is 1. The molecule has 0 saturated carbocycles. The molecule has 2 rings (SSSR count). The first kappa shape index (κ1) is 13.8. The Balaban J connectivity index is 2.29. The van der Waals surface area contributed by atoms with Crippen LogP contribution in [-0.4, -0.2) is 11.1 Å². The fourth-order valence-corrected chi connectivity index (χ4v) is 2.48. The van der Waals surface area contributed by atoms with E-state index >= 15 is 0 Å². The van der Waals surface area contributed by atoms with Crippen molar-refractivity contribution in [2.24, 2.45) is 0 Å². The molecule has 0 spiro atoms. The van der Waals surface area contributed by atoms with E-state index in [1.807, 2.05) is 55.5 Å². The highest BCUT2D eigenvalue weighted by Crippen LogP contribution is 2.26. The molecule has 98 valence electrons. The Bertz CT molecular complexity index is 576. The maximum absolute atomic E-state index is 11.5. The lowest BCUT2D eigenvalue weighted by molar-refractivity contribution is -0.138. The van der Waals surface area contributed by atoms with Gasteiger partial charge in [-0.3, -0.25) is 4.79 Å². The molecule has 1 N–H and O–H groups in total. The van der Waals surface area contributed by atoms with Gasteiger partial charge in [0.15, 0.2) is 0 Å². The Hall–Kier alpha value is -1.61. The van der Waals surface area contributed by atoms with Crippen LogP contribution in [0.25, 0.3) is 0 Å². The number of benzene rings is 2. The van der Waals surface area contributed by atoms with Gasteiger partial charge in [-0.1, -0.05) is 64.0 Å². The molecule has 3 heteroatoms. The molecule has 1 atom stereocenters. The SMILES string of the molecule is Cc1ccc(C(Cc2ccccc2Br)C(=O)O)cc1. The van der Waals surface area contributed by atoms with Crippen LogP contribution in [0.1, 0.15) is 22.6 Å². The van der Waals surface area contributed by atoms with Crippen molar-refractivity contribution in [3.63, 3.8) is 0 Å². The Labute approximate surface area is 121 Å². The summed E-state index contributed by atoms with van der Waals surface area (Å²) in [6.45, 7) is 1.99. The average Bonchev–Trinajstić information content (AvgIpc) is 2.39. The van der Waals surface area contributed by atoms with E-state index in [9.17, 15) is 9.90 Å². The van der Waals surface area contributed by atoms with Crippen molar-refractivity contribution in [3.05, 3.63) is 69.7 Å². The first-order valence-electron chi connectivity index (χ1n) is 6.10. The molecule has 2 aromatic rings. The van der Waals surface area contributed by atoms with Gasteiger partial charge in [-0.05, 0) is 30.5 Å². The van der Waals surface area contributed by atoms with Crippen LogP contribution >= 0.6 is 15.9 Å². The number of aryl methyl sites for hydroxylation is 1. The molecule has 2 aromatic carbocycles. The first-order chi connectivity index (χ1) is 9.08. The van der Waals surface area contributed by atoms with Crippen LogP contribution in [0.4, 0.5) is 0 Å². The van der Waals surface area contributed by atoms with Crippen LogP contribution in [-0.2, 0) is 11.2 Å². The van der Waals surface area contributed by atoms with Crippen LogP contribution in [0, 0.1) is 6.92 Å². The van der Waals surface area contributed by atoms with Gasteiger partial charge >= 0.3 is 5.97 Å². The summed E-state index contributed by atoms with van der Waals surface area (Å²) in [6.07, 6.45) is 0.486. The number of carboxylic acids is 1. The van der Waals surface area contributed by atoms with Crippen LogP contribution in [0.15, 0.2) is 53.0 Å². The van der Waals surface area contributed by atoms with Crippen molar-refractivity contribution in [3.8, 4) is 0 Å². The number of aliphatic carboxylic acids is 1. The number of halogens is 1. The Morgan fingerprint density at radius 1 is 1.16 bits per heavy atom. The molecule has 19 heavy (non-hydrogen) atoms. The summed E-state index contributed by atoms with van der Waals surface area (Å²) < 4.78 is 0.952. The maximum Gasteiger partial charge on any atom is 0.311 e. The van der Waals surface area contributed by atoms with Gasteiger partial charge in [-0.2, -0.15) is 0 Å². The lowest BCUT2D eigenvalue weighted by atomic mass is 9.91. The molecule has 0 aromatic heterocycles. The van der Waals surface area contributed by atoms with E-state index in [4.69, 9.17) is 0 Å². The van der Waals surface area contributed by atoms with E-state index < -0.39 is 11.9 Å². The van der Waals surface area contributed by atoms with Crippen molar-refractivity contribution < 1.29 is 9.90 Å². The molecule has 0 amide bonds. The monoisotopic (exact) mass is 318 g/mol. The second-order valence-electron chi connectivity index (χ2n) is 4.60. The molecular weight excluding hydrogens is 304 g/mol. The normalized spacial score (nSPS) is 12.1. The van der Waals surface area contributed by atoms with Crippen molar-refractivity contribution in [1.82, 2.24) is 0 Å². The molecular formula is C16H15BrO2. The third kappa shape index (κ3) is 3.44. The molecule has 0 aliphatic carbocycles. The quantitative estimate of drug-likeness (QED) is 0.918. The van der Waals surface area contributed by atoms with Gasteiger partial charge in [0.25, 0.3) is 0 Å². The topological polar surface area (TPSA) is 37.3 Å². The smallest absolute Gasteiger partial charge is 0.311 e. The summed E-state index contributed by atoms with van der Waals surface area (Å²) in [7, 11) is 0. The summed E-state index contributed by atoms with van der Waals surface area (Å²) in [6, 6.07) is 15.4. The summed E-state index contributed by atoms with van der Waals surface area (Å²) in [5.41, 5.74) is 2.98. The number of rotatable bonds is 4. The zero-order chi connectivity index (χ0) is 13.8. The minimum absolute atomic E-state index is 0.486. The van der Waals surface area contributed by atoms with E-state index in [1.165, 1.54) is 0 Å². The number of carbonyl (C=O) groups is 1. The Morgan fingerprint density at radius 2 is 1.79 bits per heavy atom. The summed E-state index contributed by atoms with van der Waals surface area (Å²) in [5.74, 6) is -1.31. The standard InChI is InChI=1S/C16H15BrO2/c1-11-6-8-12(9-7-11)14(16(18)19)10-13-4-2-3-5-15(13)17/h2-9,14H,10H2,1H3,(H,18,19). The third-order valence-electron chi connectivity index (χ3n) is 3.16. The second kappa shape index (κ2) is 6.02. The van der Waals surface area contributed by atoms with Gasteiger partial charge in [0, 0.05) is 4.47 Å². The van der Waals surface area contributed by atoms with Gasteiger partial charge < -0.3 is 5.11 Å². The lowest BCUT2D eigenvalue weighted by Crippen LogP contribution is -2.14. The van der Waals surface area contributed by atoms with Crippen molar-refractivity contribution in [2.75, 3.05) is 0 Å². The summed E-state index contributed by atoms with van der Waals surface area (Å²) in [5, 5.41) is 9.43. The zero-order valence-corrected chi connectivity index (χ0v) is 12.2. The minimum atomic E-state index is -0.792. The van der Waals surface area contributed by atoms with E-state index in [1.54, 1.807) is 0 Å². The van der Waals surface area contributed by atoms with Crippen LogP contribution in [0.5, 0.6) is 0 Å². The molecule has 0 fully saturated rings. The highest BCUT2D eigenvalue weighted by Gasteiger charge is 2.21. The second-order valence-corrected chi connectivity index (χ2v) is 5.45.